The highest BCUT2D eigenvalue weighted by Gasteiger charge is 2.28. The molecule has 0 radical (unpaired) electrons. The van der Waals surface area contributed by atoms with E-state index < -0.39 is 9.84 Å². The van der Waals surface area contributed by atoms with Gasteiger partial charge in [0, 0.05) is 17.5 Å². The Balaban J connectivity index is 1.89. The molecule has 0 spiro atoms. The van der Waals surface area contributed by atoms with Gasteiger partial charge >= 0.3 is 0 Å². The van der Waals surface area contributed by atoms with Gasteiger partial charge in [-0.3, -0.25) is 0 Å². The van der Waals surface area contributed by atoms with Crippen molar-refractivity contribution < 1.29 is 8.42 Å². The fraction of sp³-hybridized carbons (Fsp3) is 0.727. The second-order valence-corrected chi connectivity index (χ2v) is 7.98. The van der Waals surface area contributed by atoms with E-state index in [1.165, 1.54) is 4.88 Å². The van der Waals surface area contributed by atoms with Crippen LogP contribution in [0.1, 0.15) is 16.3 Å². The molecule has 1 atom stereocenters. The maximum absolute atomic E-state index is 11.4. The average Bonchev–Trinajstić information content (AvgIpc) is 2.83. The number of aromatic nitrogens is 1. The van der Waals surface area contributed by atoms with Crippen LogP contribution in [0.5, 0.6) is 0 Å². The van der Waals surface area contributed by atoms with Gasteiger partial charge in [-0.1, -0.05) is 0 Å². The number of nitrogens with zero attached hydrogens (tertiary/aromatic N) is 1. The molecule has 1 fully saturated rings. The SMILES string of the molecule is CNCCc1cnc(CC2CCS(=O)(=O)C2)s1. The molecule has 2 heterocycles. The van der Waals surface area contributed by atoms with E-state index in [0.29, 0.717) is 11.5 Å². The predicted octanol–water partition coefficient (Wildman–Crippen LogP) is 0.882. The van der Waals surface area contributed by atoms with Crippen LogP contribution in [0, 0.1) is 5.92 Å². The molecule has 96 valence electrons. The topological polar surface area (TPSA) is 59.1 Å². The molecule has 0 aromatic carbocycles. The summed E-state index contributed by atoms with van der Waals surface area (Å²) >= 11 is 1.71. The Morgan fingerprint density at radius 1 is 1.59 bits per heavy atom. The summed E-state index contributed by atoms with van der Waals surface area (Å²) < 4.78 is 22.7. The van der Waals surface area contributed by atoms with Crippen molar-refractivity contribution in [1.29, 1.82) is 0 Å². The van der Waals surface area contributed by atoms with Gasteiger partial charge in [-0.25, -0.2) is 13.4 Å². The first-order valence-corrected chi connectivity index (χ1v) is 8.51. The average molecular weight is 274 g/mol. The molecule has 17 heavy (non-hydrogen) atoms. The largest absolute Gasteiger partial charge is 0.319 e. The van der Waals surface area contributed by atoms with Gasteiger partial charge in [0.05, 0.1) is 16.5 Å². The van der Waals surface area contributed by atoms with Crippen LogP contribution in [0.3, 0.4) is 0 Å². The molecular formula is C11H18N2O2S2. The van der Waals surface area contributed by atoms with Crippen LogP contribution in [0.25, 0.3) is 0 Å². The Morgan fingerprint density at radius 3 is 3.06 bits per heavy atom. The third-order valence-corrected chi connectivity index (χ3v) is 5.93. The van der Waals surface area contributed by atoms with Crippen molar-refractivity contribution >= 4 is 21.2 Å². The lowest BCUT2D eigenvalue weighted by Gasteiger charge is -2.03. The molecular weight excluding hydrogens is 256 g/mol. The van der Waals surface area contributed by atoms with E-state index in [4.69, 9.17) is 0 Å². The maximum atomic E-state index is 11.4. The van der Waals surface area contributed by atoms with Crippen molar-refractivity contribution in [3.63, 3.8) is 0 Å². The molecule has 6 heteroatoms. The number of sulfone groups is 1. The van der Waals surface area contributed by atoms with Crippen LogP contribution in [0.15, 0.2) is 6.20 Å². The maximum Gasteiger partial charge on any atom is 0.150 e. The van der Waals surface area contributed by atoms with Crippen LogP contribution in [-0.2, 0) is 22.7 Å². The Bertz CT molecular complexity index is 468. The van der Waals surface area contributed by atoms with E-state index in [1.54, 1.807) is 11.3 Å². The number of rotatable bonds is 5. The van der Waals surface area contributed by atoms with Crippen LogP contribution < -0.4 is 5.32 Å². The standard InChI is InChI=1S/C11H18N2O2S2/c1-12-4-2-10-7-13-11(16-10)6-9-3-5-17(14,15)8-9/h7,9,12H,2-6,8H2,1H3. The highest BCUT2D eigenvalue weighted by molar-refractivity contribution is 7.91. The monoisotopic (exact) mass is 274 g/mol. The minimum Gasteiger partial charge on any atom is -0.319 e. The van der Waals surface area contributed by atoms with Gasteiger partial charge in [0.1, 0.15) is 0 Å². The summed E-state index contributed by atoms with van der Waals surface area (Å²) in [4.78, 5) is 5.65. The molecule has 1 aromatic rings. The molecule has 1 aliphatic heterocycles. The molecule has 0 amide bonds. The van der Waals surface area contributed by atoms with Crippen LogP contribution >= 0.6 is 11.3 Å². The quantitative estimate of drug-likeness (QED) is 0.866. The smallest absolute Gasteiger partial charge is 0.150 e. The van der Waals surface area contributed by atoms with Crippen molar-refractivity contribution in [3.05, 3.63) is 16.1 Å². The fourth-order valence-electron chi connectivity index (χ4n) is 2.09. The Morgan fingerprint density at radius 2 is 2.41 bits per heavy atom. The lowest BCUT2D eigenvalue weighted by atomic mass is 10.1. The van der Waals surface area contributed by atoms with E-state index in [9.17, 15) is 8.42 Å². The molecule has 1 aliphatic rings. The van der Waals surface area contributed by atoms with Crippen molar-refractivity contribution in [1.82, 2.24) is 10.3 Å². The molecule has 1 N–H and O–H groups in total. The fourth-order valence-corrected chi connectivity index (χ4v) is 4.98. The van der Waals surface area contributed by atoms with Crippen molar-refractivity contribution in [2.24, 2.45) is 5.92 Å². The van der Waals surface area contributed by atoms with Gasteiger partial charge in [0.25, 0.3) is 0 Å². The third kappa shape index (κ3) is 3.76. The summed E-state index contributed by atoms with van der Waals surface area (Å²) in [5.74, 6) is 0.983. The zero-order chi connectivity index (χ0) is 12.3. The molecule has 4 nitrogen and oxygen atoms in total. The first-order valence-electron chi connectivity index (χ1n) is 5.87. The summed E-state index contributed by atoms with van der Waals surface area (Å²) in [5, 5.41) is 4.19. The highest BCUT2D eigenvalue weighted by atomic mass is 32.2. The summed E-state index contributed by atoms with van der Waals surface area (Å²) in [6.07, 6.45) is 4.54. The minimum atomic E-state index is -2.76. The van der Waals surface area contributed by atoms with Gasteiger partial charge in [-0.2, -0.15) is 0 Å². The van der Waals surface area contributed by atoms with Gasteiger partial charge in [-0.15, -0.1) is 11.3 Å². The lowest BCUT2D eigenvalue weighted by Crippen LogP contribution is -2.09. The van der Waals surface area contributed by atoms with Crippen LogP contribution in [-0.4, -0.2) is 38.5 Å². The summed E-state index contributed by atoms with van der Waals surface area (Å²) in [5.41, 5.74) is 0. The van der Waals surface area contributed by atoms with E-state index in [0.717, 1.165) is 30.8 Å². The summed E-state index contributed by atoms with van der Waals surface area (Å²) in [7, 11) is -0.820. The Labute approximate surface area is 106 Å². The van der Waals surface area contributed by atoms with E-state index in [-0.39, 0.29) is 5.92 Å². The Kier molecular flexibility index (Phi) is 4.17. The zero-order valence-corrected chi connectivity index (χ0v) is 11.6. The normalized spacial score (nSPS) is 23.0. The van der Waals surface area contributed by atoms with E-state index >= 15 is 0 Å². The number of thiazole rings is 1. The summed E-state index contributed by atoms with van der Waals surface area (Å²) in [6.45, 7) is 0.958. The summed E-state index contributed by atoms with van der Waals surface area (Å²) in [6, 6.07) is 0. The lowest BCUT2D eigenvalue weighted by molar-refractivity contribution is 0.582. The molecule has 1 saturated heterocycles. The number of nitrogens with one attached hydrogen (secondary N) is 1. The minimum absolute atomic E-state index is 0.281. The molecule has 0 aliphatic carbocycles. The highest BCUT2D eigenvalue weighted by Crippen LogP contribution is 2.24. The second-order valence-electron chi connectivity index (χ2n) is 4.55. The van der Waals surface area contributed by atoms with Crippen molar-refractivity contribution in [2.75, 3.05) is 25.1 Å². The number of likely N-dealkylation sites (N-methyl/N-ethyl adjacent to an activating group) is 1. The van der Waals surface area contributed by atoms with E-state index in [2.05, 4.69) is 10.3 Å². The van der Waals surface area contributed by atoms with Crippen LogP contribution in [0.4, 0.5) is 0 Å². The first kappa shape index (κ1) is 13.0. The third-order valence-electron chi connectivity index (χ3n) is 3.01. The van der Waals surface area contributed by atoms with Crippen molar-refractivity contribution in [2.45, 2.75) is 19.3 Å². The van der Waals surface area contributed by atoms with Crippen molar-refractivity contribution in [3.8, 4) is 0 Å². The molecule has 0 bridgehead atoms. The second kappa shape index (κ2) is 5.46. The molecule has 1 unspecified atom stereocenters. The van der Waals surface area contributed by atoms with Crippen LogP contribution in [0.2, 0.25) is 0 Å². The Hall–Kier alpha value is -0.460. The molecule has 1 aromatic heterocycles. The van der Waals surface area contributed by atoms with E-state index in [1.807, 2.05) is 13.2 Å². The number of hydrogen-bond acceptors (Lipinski definition) is 5. The first-order chi connectivity index (χ1) is 8.09. The van der Waals surface area contributed by atoms with Gasteiger partial charge < -0.3 is 5.32 Å². The predicted molar refractivity (Wildman–Crippen MR) is 70.2 cm³/mol. The molecule has 2 rings (SSSR count). The van der Waals surface area contributed by atoms with Gasteiger partial charge in [0.2, 0.25) is 0 Å². The zero-order valence-electron chi connectivity index (χ0n) is 9.98. The van der Waals surface area contributed by atoms with Gasteiger partial charge in [0.15, 0.2) is 9.84 Å². The molecule has 0 saturated carbocycles. The number of hydrogen-bond donors (Lipinski definition) is 1. The van der Waals surface area contributed by atoms with Gasteiger partial charge in [-0.05, 0) is 32.4 Å².